The molecule has 0 radical (unpaired) electrons. The molecular weight excluding hydrogens is 234 g/mol. The van der Waals surface area contributed by atoms with E-state index in [1.807, 2.05) is 0 Å². The first-order valence-electron chi connectivity index (χ1n) is 7.79. The van der Waals surface area contributed by atoms with Gasteiger partial charge in [-0.3, -0.25) is 0 Å². The summed E-state index contributed by atoms with van der Waals surface area (Å²) in [5.41, 5.74) is 3.15. The van der Waals surface area contributed by atoms with Gasteiger partial charge >= 0.3 is 0 Å². The first-order chi connectivity index (χ1) is 9.40. The summed E-state index contributed by atoms with van der Waals surface area (Å²) in [6, 6.07) is 9.61. The maximum Gasteiger partial charge on any atom is 0.0510 e. The van der Waals surface area contributed by atoms with Crippen LogP contribution in [0.15, 0.2) is 24.3 Å². The summed E-state index contributed by atoms with van der Waals surface area (Å²) in [5, 5.41) is 3.81. The Bertz CT molecular complexity index is 411. The molecule has 3 atom stereocenters. The third-order valence-electron chi connectivity index (χ3n) is 4.72. The number of aryl methyl sites for hydroxylation is 1. The number of ether oxygens (including phenoxy) is 1. The van der Waals surface area contributed by atoms with Crippen LogP contribution in [0.2, 0.25) is 0 Å². The molecule has 2 heteroatoms. The van der Waals surface area contributed by atoms with Crippen LogP contribution in [0.5, 0.6) is 0 Å². The Labute approximate surface area is 116 Å². The van der Waals surface area contributed by atoms with E-state index in [1.54, 1.807) is 11.1 Å². The molecule has 0 spiro atoms. The molecule has 104 valence electrons. The van der Waals surface area contributed by atoms with Gasteiger partial charge < -0.3 is 10.1 Å². The molecule has 0 bridgehead atoms. The minimum absolute atomic E-state index is 0.603. The average molecular weight is 259 g/mol. The second-order valence-electron chi connectivity index (χ2n) is 5.95. The zero-order valence-electron chi connectivity index (χ0n) is 11.9. The van der Waals surface area contributed by atoms with Gasteiger partial charge in [0.1, 0.15) is 0 Å². The molecule has 19 heavy (non-hydrogen) atoms. The summed E-state index contributed by atoms with van der Waals surface area (Å²) in [6.45, 7) is 5.26. The lowest BCUT2D eigenvalue weighted by Crippen LogP contribution is -2.41. The Balaban J connectivity index is 1.79. The SMILES string of the molecule is CCCNC(C1CCOC1)C1CCc2ccccc21. The molecule has 3 rings (SSSR count). The number of hydrogen-bond donors (Lipinski definition) is 1. The Hall–Kier alpha value is -0.860. The fourth-order valence-corrected chi connectivity index (χ4v) is 3.75. The lowest BCUT2D eigenvalue weighted by molar-refractivity contribution is 0.172. The highest BCUT2D eigenvalue weighted by Crippen LogP contribution is 2.39. The van der Waals surface area contributed by atoms with Crippen LogP contribution >= 0.6 is 0 Å². The van der Waals surface area contributed by atoms with Crippen molar-refractivity contribution >= 4 is 0 Å². The lowest BCUT2D eigenvalue weighted by Gasteiger charge is -2.30. The molecule has 1 fully saturated rings. The van der Waals surface area contributed by atoms with Gasteiger partial charge in [-0.25, -0.2) is 0 Å². The van der Waals surface area contributed by atoms with Gasteiger partial charge in [0.05, 0.1) is 6.61 Å². The number of benzene rings is 1. The second-order valence-corrected chi connectivity index (χ2v) is 5.95. The first-order valence-corrected chi connectivity index (χ1v) is 7.79. The van der Waals surface area contributed by atoms with Crippen LogP contribution in [0.3, 0.4) is 0 Å². The number of nitrogens with one attached hydrogen (secondary N) is 1. The van der Waals surface area contributed by atoms with Crippen LogP contribution in [-0.2, 0) is 11.2 Å². The molecule has 1 N–H and O–H groups in total. The van der Waals surface area contributed by atoms with Crippen LogP contribution in [-0.4, -0.2) is 25.8 Å². The van der Waals surface area contributed by atoms with Crippen molar-refractivity contribution in [2.45, 2.75) is 44.6 Å². The van der Waals surface area contributed by atoms with Crippen molar-refractivity contribution in [3.05, 3.63) is 35.4 Å². The molecule has 1 aromatic rings. The molecule has 1 aromatic carbocycles. The van der Waals surface area contributed by atoms with Gasteiger partial charge in [-0.05, 0) is 43.4 Å². The Morgan fingerprint density at radius 1 is 1.32 bits per heavy atom. The van der Waals surface area contributed by atoms with Gasteiger partial charge in [-0.2, -0.15) is 0 Å². The Morgan fingerprint density at radius 2 is 2.21 bits per heavy atom. The minimum Gasteiger partial charge on any atom is -0.381 e. The van der Waals surface area contributed by atoms with Crippen LogP contribution in [0.4, 0.5) is 0 Å². The Kier molecular flexibility index (Phi) is 4.19. The normalized spacial score (nSPS) is 27.4. The number of fused-ring (bicyclic) bond motifs is 1. The van der Waals surface area contributed by atoms with Crippen molar-refractivity contribution in [2.75, 3.05) is 19.8 Å². The molecule has 1 aliphatic carbocycles. The summed E-state index contributed by atoms with van der Waals surface area (Å²) >= 11 is 0. The summed E-state index contributed by atoms with van der Waals surface area (Å²) in [4.78, 5) is 0. The average Bonchev–Trinajstić information content (AvgIpc) is 3.09. The van der Waals surface area contributed by atoms with Gasteiger partial charge in [0.2, 0.25) is 0 Å². The summed E-state index contributed by atoms with van der Waals surface area (Å²) in [5.74, 6) is 1.39. The predicted octanol–water partition coefficient (Wildman–Crippen LogP) is 3.12. The summed E-state index contributed by atoms with van der Waals surface area (Å²) in [6.07, 6.45) is 4.98. The van der Waals surface area contributed by atoms with Crippen molar-refractivity contribution in [2.24, 2.45) is 5.92 Å². The molecule has 0 aromatic heterocycles. The number of hydrogen-bond acceptors (Lipinski definition) is 2. The number of rotatable bonds is 5. The molecule has 2 nitrogen and oxygen atoms in total. The van der Waals surface area contributed by atoms with Crippen LogP contribution < -0.4 is 5.32 Å². The molecule has 0 saturated carbocycles. The van der Waals surface area contributed by atoms with E-state index in [4.69, 9.17) is 4.74 Å². The van der Waals surface area contributed by atoms with Gasteiger partial charge in [0.15, 0.2) is 0 Å². The van der Waals surface area contributed by atoms with E-state index in [-0.39, 0.29) is 0 Å². The smallest absolute Gasteiger partial charge is 0.0510 e. The quantitative estimate of drug-likeness (QED) is 0.877. The van der Waals surface area contributed by atoms with Crippen molar-refractivity contribution in [1.29, 1.82) is 0 Å². The van der Waals surface area contributed by atoms with Gasteiger partial charge in [-0.15, -0.1) is 0 Å². The van der Waals surface area contributed by atoms with E-state index in [0.29, 0.717) is 17.9 Å². The van der Waals surface area contributed by atoms with Crippen molar-refractivity contribution in [3.63, 3.8) is 0 Å². The van der Waals surface area contributed by atoms with E-state index in [0.717, 1.165) is 19.8 Å². The monoisotopic (exact) mass is 259 g/mol. The third-order valence-corrected chi connectivity index (χ3v) is 4.72. The molecule has 1 aliphatic heterocycles. The molecule has 2 aliphatic rings. The van der Waals surface area contributed by atoms with Gasteiger partial charge in [0.25, 0.3) is 0 Å². The van der Waals surface area contributed by atoms with E-state index >= 15 is 0 Å². The zero-order valence-corrected chi connectivity index (χ0v) is 11.9. The molecule has 3 unspecified atom stereocenters. The highest BCUT2D eigenvalue weighted by Gasteiger charge is 2.35. The van der Waals surface area contributed by atoms with Crippen molar-refractivity contribution in [3.8, 4) is 0 Å². The van der Waals surface area contributed by atoms with Gasteiger partial charge in [-0.1, -0.05) is 31.2 Å². The first kappa shape index (κ1) is 13.1. The molecule has 0 amide bonds. The van der Waals surface area contributed by atoms with Gasteiger partial charge in [0, 0.05) is 24.5 Å². The largest absolute Gasteiger partial charge is 0.381 e. The predicted molar refractivity (Wildman–Crippen MR) is 78.5 cm³/mol. The lowest BCUT2D eigenvalue weighted by atomic mass is 9.84. The van der Waals surface area contributed by atoms with Crippen LogP contribution in [0, 0.1) is 5.92 Å². The fourth-order valence-electron chi connectivity index (χ4n) is 3.75. The molecule has 1 saturated heterocycles. The zero-order chi connectivity index (χ0) is 13.1. The maximum atomic E-state index is 5.63. The van der Waals surface area contributed by atoms with E-state index in [1.165, 1.54) is 25.7 Å². The highest BCUT2D eigenvalue weighted by molar-refractivity contribution is 5.36. The standard InChI is InChI=1S/C17H25NO/c1-2-10-18-17(14-9-11-19-12-14)16-8-7-13-5-3-4-6-15(13)16/h3-6,14,16-18H,2,7-12H2,1H3. The topological polar surface area (TPSA) is 21.3 Å². The molecular formula is C17H25NO. The maximum absolute atomic E-state index is 5.63. The third kappa shape index (κ3) is 2.70. The summed E-state index contributed by atoms with van der Waals surface area (Å²) < 4.78 is 5.63. The molecule has 1 heterocycles. The van der Waals surface area contributed by atoms with E-state index in [2.05, 4.69) is 36.5 Å². The summed E-state index contributed by atoms with van der Waals surface area (Å²) in [7, 11) is 0. The van der Waals surface area contributed by atoms with Crippen LogP contribution in [0.25, 0.3) is 0 Å². The van der Waals surface area contributed by atoms with Crippen molar-refractivity contribution < 1.29 is 4.74 Å². The minimum atomic E-state index is 0.603. The van der Waals surface area contributed by atoms with Crippen LogP contribution in [0.1, 0.15) is 43.2 Å². The fraction of sp³-hybridized carbons (Fsp3) is 0.647. The van der Waals surface area contributed by atoms with E-state index in [9.17, 15) is 0 Å². The van der Waals surface area contributed by atoms with Crippen molar-refractivity contribution in [1.82, 2.24) is 5.32 Å². The highest BCUT2D eigenvalue weighted by atomic mass is 16.5. The Morgan fingerprint density at radius 3 is 3.00 bits per heavy atom. The second kappa shape index (κ2) is 6.06. The van der Waals surface area contributed by atoms with E-state index < -0.39 is 0 Å².